The number of rotatable bonds is 10. The van der Waals surface area contributed by atoms with Gasteiger partial charge in [0.2, 0.25) is 0 Å². The summed E-state index contributed by atoms with van der Waals surface area (Å²) in [4.78, 5) is 45.6. The summed E-state index contributed by atoms with van der Waals surface area (Å²) in [5.74, 6) is -1.02. The van der Waals surface area contributed by atoms with Crippen LogP contribution in [0.3, 0.4) is 0 Å². The minimum Gasteiger partial charge on any atom is -0.398 e. The number of nitrogens with zero attached hydrogens (tertiary/aromatic N) is 3. The van der Waals surface area contributed by atoms with Crippen LogP contribution in [0.2, 0.25) is 0 Å². The van der Waals surface area contributed by atoms with E-state index in [1.807, 2.05) is 50.2 Å². The second-order valence-electron chi connectivity index (χ2n) is 12.4. The molecule has 3 amide bonds. The smallest absolute Gasteiger partial charge is 0.398 e. The van der Waals surface area contributed by atoms with Crippen LogP contribution in [0.15, 0.2) is 72.8 Å². The van der Waals surface area contributed by atoms with Crippen molar-refractivity contribution >= 4 is 53.2 Å². The third kappa shape index (κ3) is 9.47. The van der Waals surface area contributed by atoms with Gasteiger partial charge in [0.15, 0.2) is 0 Å². The van der Waals surface area contributed by atoms with E-state index in [0.29, 0.717) is 10.8 Å². The standard InChI is InChI=1S/C23H27N3O4.C18H24N2.CH4S/c1-5-25(6-2)18-12-8-10-16(4)22(18)21-15(3)9-7-11-17(21)24-23(29)30-26-19(27)13-14-20(26)28;1-5-20(6-2)16-12-8-10-14(4)18(16)17-13(3)9-7-11-15(17)19;1-2/h7-12H,5-6,13-14H2,1-4H3,(H,24,29);7-12H,5-6,19H2,1-4H3;2H,1H3/i/hD. The predicted octanol–water partition coefficient (Wildman–Crippen LogP) is 9.37. The molecule has 0 radical (unpaired) electrons. The Hall–Kier alpha value is -4.96. The van der Waals surface area contributed by atoms with Crippen molar-refractivity contribution in [1.82, 2.24) is 5.06 Å². The van der Waals surface area contributed by atoms with Gasteiger partial charge >= 0.3 is 6.09 Å². The van der Waals surface area contributed by atoms with E-state index in [2.05, 4.69) is 87.0 Å². The molecule has 4 aromatic rings. The molecule has 278 valence electrons. The number of nitrogens with one attached hydrogen (secondary N) is 1. The average Bonchev–Trinajstić information content (AvgIpc) is 3.43. The largest absolute Gasteiger partial charge is 0.436 e. The highest BCUT2D eigenvalue weighted by molar-refractivity contribution is 7.79. The number of hydrogen-bond donors (Lipinski definition) is 3. The van der Waals surface area contributed by atoms with Gasteiger partial charge in [-0.2, -0.15) is 12.5 Å². The van der Waals surface area contributed by atoms with Crippen LogP contribution < -0.4 is 20.9 Å². The first-order valence-electron chi connectivity index (χ1n) is 18.3. The number of carbonyl (C=O) groups excluding carboxylic acids is 3. The lowest BCUT2D eigenvalue weighted by Gasteiger charge is -2.27. The van der Waals surface area contributed by atoms with Gasteiger partial charge in [-0.05, 0) is 108 Å². The zero-order valence-electron chi connectivity index (χ0n) is 33.1. The molecule has 1 fully saturated rings. The van der Waals surface area contributed by atoms with Gasteiger partial charge in [0, 0.05) is 78.3 Å². The molecule has 9 nitrogen and oxygen atoms in total. The molecular weight excluding hydrogens is 671 g/mol. The van der Waals surface area contributed by atoms with E-state index in [-0.39, 0.29) is 12.8 Å². The third-order valence-electron chi connectivity index (χ3n) is 9.20. The van der Waals surface area contributed by atoms with Crippen LogP contribution in [-0.2, 0) is 14.4 Å². The molecule has 0 unspecified atom stereocenters. The molecular formula is C42H55N5O4S. The molecule has 52 heavy (non-hydrogen) atoms. The van der Waals surface area contributed by atoms with Gasteiger partial charge in [0.05, 0.1) is 5.69 Å². The summed E-state index contributed by atoms with van der Waals surface area (Å²) in [6.45, 7) is 20.6. The molecule has 4 aromatic carbocycles. The molecule has 5 rings (SSSR count). The number of hydroxylamine groups is 2. The normalized spacial score (nSPS) is 12.2. The van der Waals surface area contributed by atoms with Crippen molar-refractivity contribution in [2.75, 3.05) is 53.3 Å². The third-order valence-corrected chi connectivity index (χ3v) is 9.20. The molecule has 10 heteroatoms. The number of nitrogen functional groups attached to an aromatic ring is 1. The molecule has 1 heterocycles. The molecule has 0 atom stereocenters. The first kappa shape index (κ1) is 39.8. The summed E-state index contributed by atoms with van der Waals surface area (Å²) >= 11 is 1.000. The number of benzene rings is 4. The van der Waals surface area contributed by atoms with E-state index in [0.717, 1.165) is 72.3 Å². The zero-order valence-corrected chi connectivity index (χ0v) is 32.9. The molecule has 1 aliphatic rings. The minimum absolute atomic E-state index is 0.0538. The predicted molar refractivity (Wildman–Crippen MR) is 220 cm³/mol. The van der Waals surface area contributed by atoms with Crippen molar-refractivity contribution in [2.24, 2.45) is 0 Å². The average molecular weight is 727 g/mol. The van der Waals surface area contributed by atoms with Crippen LogP contribution >= 0.6 is 12.5 Å². The van der Waals surface area contributed by atoms with Crippen molar-refractivity contribution in [1.29, 1.82) is 1.12 Å². The number of aryl methyl sites for hydroxylation is 4. The van der Waals surface area contributed by atoms with Crippen LogP contribution in [-0.4, -0.2) is 56.5 Å². The van der Waals surface area contributed by atoms with Gasteiger partial charge < -0.3 is 20.4 Å². The Labute approximate surface area is 316 Å². The molecule has 1 saturated heterocycles. The van der Waals surface area contributed by atoms with Crippen molar-refractivity contribution in [3.05, 3.63) is 95.1 Å². The number of nitrogens with two attached hydrogens (primary N) is 1. The quantitative estimate of drug-likeness (QED) is 0.0849. The molecule has 0 aliphatic carbocycles. The topological polar surface area (TPSA) is 108 Å². The minimum atomic E-state index is -0.872. The first-order chi connectivity index (χ1) is 25.4. The summed E-state index contributed by atoms with van der Waals surface area (Å²) in [6, 6.07) is 24.4. The van der Waals surface area contributed by atoms with Crippen LogP contribution in [0.5, 0.6) is 0 Å². The zero-order chi connectivity index (χ0) is 39.2. The highest BCUT2D eigenvalue weighted by Crippen LogP contribution is 2.41. The second-order valence-corrected chi connectivity index (χ2v) is 12.4. The van der Waals surface area contributed by atoms with Gasteiger partial charge in [-0.1, -0.05) is 48.5 Å². The van der Waals surface area contributed by atoms with E-state index >= 15 is 0 Å². The van der Waals surface area contributed by atoms with Crippen molar-refractivity contribution in [2.45, 2.75) is 68.2 Å². The van der Waals surface area contributed by atoms with Crippen LogP contribution in [0, 0.1) is 27.7 Å². The van der Waals surface area contributed by atoms with Crippen LogP contribution in [0.4, 0.5) is 27.5 Å². The van der Waals surface area contributed by atoms with Crippen molar-refractivity contribution in [3.63, 3.8) is 0 Å². The summed E-state index contributed by atoms with van der Waals surface area (Å²) in [6.07, 6.45) is 0.944. The Morgan fingerprint density at radius 3 is 1.54 bits per heavy atom. The fourth-order valence-corrected chi connectivity index (χ4v) is 6.62. The van der Waals surface area contributed by atoms with Crippen molar-refractivity contribution in [3.8, 4) is 22.3 Å². The van der Waals surface area contributed by atoms with E-state index in [1.165, 1.54) is 27.9 Å². The summed E-state index contributed by atoms with van der Waals surface area (Å²) in [7, 11) is 0. The number of carbonyl (C=O) groups is 3. The molecule has 0 spiro atoms. The van der Waals surface area contributed by atoms with E-state index < -0.39 is 17.9 Å². The van der Waals surface area contributed by atoms with Gasteiger partial charge in [-0.25, -0.2) is 4.79 Å². The fraction of sp³-hybridized carbons (Fsp3) is 0.357. The lowest BCUT2D eigenvalue weighted by atomic mass is 9.92. The highest BCUT2D eigenvalue weighted by Gasteiger charge is 2.33. The Balaban J connectivity index is 0.000000284. The first-order valence-corrected chi connectivity index (χ1v) is 18.7. The van der Waals surface area contributed by atoms with Crippen LogP contribution in [0.1, 0.15) is 62.8 Å². The maximum Gasteiger partial charge on any atom is 0.436 e. The second kappa shape index (κ2) is 19.6. The summed E-state index contributed by atoms with van der Waals surface area (Å²) in [5.41, 5.74) is 18.9. The number of amides is 3. The maximum absolute atomic E-state index is 12.5. The van der Waals surface area contributed by atoms with Crippen LogP contribution in [0.25, 0.3) is 22.3 Å². The number of hydrogen-bond acceptors (Lipinski definition) is 8. The van der Waals surface area contributed by atoms with E-state index in [4.69, 9.17) is 11.7 Å². The Kier molecular flexibility index (Phi) is 15.0. The van der Waals surface area contributed by atoms with Gasteiger partial charge in [0.1, 0.15) is 1.12 Å². The number of anilines is 4. The lowest BCUT2D eigenvalue weighted by molar-refractivity contribution is -0.170. The Morgan fingerprint density at radius 1 is 0.712 bits per heavy atom. The lowest BCUT2D eigenvalue weighted by Crippen LogP contribution is -2.34. The Morgan fingerprint density at radius 2 is 1.10 bits per heavy atom. The fourth-order valence-electron chi connectivity index (χ4n) is 6.62. The Bertz CT molecular complexity index is 1840. The van der Waals surface area contributed by atoms with Gasteiger partial charge in [-0.3, -0.25) is 14.9 Å². The maximum atomic E-state index is 12.5. The molecule has 0 aromatic heterocycles. The molecule has 0 bridgehead atoms. The number of thiol groups is 1. The molecule has 0 saturated carbocycles. The SMILES string of the molecule is CCN(CC)c1cccc(C)c1-c1c(C)cccc1N.CCN(CC)c1cccc(C)c1-c1c(C)cccc1NC(=O)ON1C(=O)CCC1=O.[2H]SC. The van der Waals surface area contributed by atoms with Gasteiger partial charge in [0.25, 0.3) is 11.8 Å². The summed E-state index contributed by atoms with van der Waals surface area (Å²) in [5, 5.41) is 3.26. The number of imide groups is 1. The summed E-state index contributed by atoms with van der Waals surface area (Å²) < 4.78 is 6.12. The van der Waals surface area contributed by atoms with E-state index in [1.54, 1.807) is 12.3 Å². The monoisotopic (exact) mass is 726 g/mol. The molecule has 3 N–H and O–H groups in total. The van der Waals surface area contributed by atoms with Gasteiger partial charge in [-0.15, -0.1) is 5.06 Å². The highest BCUT2D eigenvalue weighted by atomic mass is 32.1. The van der Waals surface area contributed by atoms with E-state index in [9.17, 15) is 14.4 Å². The molecule has 1 aliphatic heterocycles. The van der Waals surface area contributed by atoms with Crippen molar-refractivity contribution < 1.29 is 19.2 Å².